The Morgan fingerprint density at radius 1 is 1.53 bits per heavy atom. The monoisotopic (exact) mass is 204 g/mol. The summed E-state index contributed by atoms with van der Waals surface area (Å²) in [6, 6.07) is 2.83. The van der Waals surface area contributed by atoms with Crippen molar-refractivity contribution in [3.8, 4) is 11.8 Å². The predicted molar refractivity (Wildman–Crippen MR) is 53.3 cm³/mol. The predicted octanol–water partition coefficient (Wildman–Crippen LogP) is 0.742. The largest absolute Gasteiger partial charge is 0.478 e. The Morgan fingerprint density at radius 3 is 2.87 bits per heavy atom. The fraction of sp³-hybridized carbons (Fsp3) is 0.100. The third-order valence-electron chi connectivity index (χ3n) is 1.51. The number of amides is 1. The van der Waals surface area contributed by atoms with E-state index in [4.69, 9.17) is 5.11 Å². The van der Waals surface area contributed by atoms with E-state index in [1.54, 1.807) is 0 Å². The first-order chi connectivity index (χ1) is 7.15. The van der Waals surface area contributed by atoms with Gasteiger partial charge >= 0.3 is 11.9 Å². The van der Waals surface area contributed by atoms with Gasteiger partial charge in [-0.2, -0.15) is 0 Å². The molecule has 0 radical (unpaired) electrons. The second-order valence-corrected chi connectivity index (χ2v) is 2.53. The summed E-state index contributed by atoms with van der Waals surface area (Å²) in [5.41, 5.74) is -0.0660. The molecule has 0 spiro atoms. The number of carbonyl (C=O) groups is 2. The fourth-order valence-corrected chi connectivity index (χ4v) is 0.930. The SMILES string of the molecule is CC#CC(=O)Nc1ncccc1C(=O)O. The van der Waals surface area contributed by atoms with Gasteiger partial charge in [-0.05, 0) is 25.0 Å². The molecule has 0 aromatic carbocycles. The second kappa shape index (κ2) is 4.77. The molecule has 0 bridgehead atoms. The number of hydrogen-bond donors (Lipinski definition) is 2. The molecule has 0 atom stereocenters. The lowest BCUT2D eigenvalue weighted by molar-refractivity contribution is -0.111. The van der Waals surface area contributed by atoms with Gasteiger partial charge < -0.3 is 5.11 Å². The van der Waals surface area contributed by atoms with Crippen molar-refractivity contribution >= 4 is 17.7 Å². The molecule has 0 unspecified atom stereocenters. The summed E-state index contributed by atoms with van der Waals surface area (Å²) >= 11 is 0. The Balaban J connectivity index is 2.97. The molecule has 1 amide bonds. The Labute approximate surface area is 86.1 Å². The molecule has 0 saturated carbocycles. The normalized spacial score (nSPS) is 8.60. The quantitative estimate of drug-likeness (QED) is 0.696. The van der Waals surface area contributed by atoms with Crippen LogP contribution in [0.3, 0.4) is 0 Å². The average molecular weight is 204 g/mol. The summed E-state index contributed by atoms with van der Waals surface area (Å²) in [5.74, 6) is 2.89. The van der Waals surface area contributed by atoms with Crippen molar-refractivity contribution in [2.24, 2.45) is 0 Å². The first-order valence-corrected chi connectivity index (χ1v) is 4.07. The number of nitrogens with one attached hydrogen (secondary N) is 1. The maximum absolute atomic E-state index is 11.1. The highest BCUT2D eigenvalue weighted by atomic mass is 16.4. The number of carboxylic acid groups (broad SMARTS) is 1. The van der Waals surface area contributed by atoms with Crippen molar-refractivity contribution in [1.29, 1.82) is 0 Å². The minimum atomic E-state index is -1.15. The summed E-state index contributed by atoms with van der Waals surface area (Å²) in [6.45, 7) is 1.51. The maximum atomic E-state index is 11.1. The molecule has 0 aliphatic heterocycles. The lowest BCUT2D eigenvalue weighted by Gasteiger charge is -2.02. The number of pyridine rings is 1. The zero-order valence-corrected chi connectivity index (χ0v) is 7.94. The lowest BCUT2D eigenvalue weighted by Crippen LogP contribution is -2.13. The number of nitrogens with zero attached hydrogens (tertiary/aromatic N) is 1. The van der Waals surface area contributed by atoms with Crippen molar-refractivity contribution in [2.75, 3.05) is 5.32 Å². The van der Waals surface area contributed by atoms with Crippen LogP contribution in [-0.4, -0.2) is 22.0 Å². The molecule has 0 aliphatic carbocycles. The van der Waals surface area contributed by atoms with Crippen LogP contribution in [0.1, 0.15) is 17.3 Å². The second-order valence-electron chi connectivity index (χ2n) is 2.53. The lowest BCUT2D eigenvalue weighted by atomic mass is 10.2. The highest BCUT2D eigenvalue weighted by Crippen LogP contribution is 2.10. The standard InChI is InChI=1S/C10H8N2O3/c1-2-4-8(13)12-9-7(10(14)15)5-3-6-11-9/h3,5-6H,1H3,(H,14,15)(H,11,12,13). The van der Waals surface area contributed by atoms with E-state index in [1.807, 2.05) is 0 Å². The van der Waals surface area contributed by atoms with Gasteiger partial charge in [0.1, 0.15) is 11.4 Å². The summed E-state index contributed by atoms with van der Waals surface area (Å²) in [4.78, 5) is 25.5. The van der Waals surface area contributed by atoms with Crippen LogP contribution in [0, 0.1) is 11.8 Å². The van der Waals surface area contributed by atoms with Gasteiger partial charge in [0, 0.05) is 6.20 Å². The molecule has 76 valence electrons. The molecule has 2 N–H and O–H groups in total. The maximum Gasteiger partial charge on any atom is 0.339 e. The highest BCUT2D eigenvalue weighted by Gasteiger charge is 2.11. The Bertz CT molecular complexity index is 457. The smallest absolute Gasteiger partial charge is 0.339 e. The van der Waals surface area contributed by atoms with Crippen molar-refractivity contribution in [2.45, 2.75) is 6.92 Å². The van der Waals surface area contributed by atoms with E-state index in [2.05, 4.69) is 22.1 Å². The van der Waals surface area contributed by atoms with E-state index in [0.717, 1.165) is 0 Å². The van der Waals surface area contributed by atoms with E-state index < -0.39 is 11.9 Å². The van der Waals surface area contributed by atoms with Gasteiger partial charge in [0.15, 0.2) is 0 Å². The van der Waals surface area contributed by atoms with Crippen LogP contribution < -0.4 is 5.32 Å². The minimum absolute atomic E-state index is 0.00208. The number of rotatable bonds is 2. The van der Waals surface area contributed by atoms with E-state index in [0.29, 0.717) is 0 Å². The number of carbonyl (C=O) groups excluding carboxylic acids is 1. The van der Waals surface area contributed by atoms with E-state index in [-0.39, 0.29) is 11.4 Å². The zero-order chi connectivity index (χ0) is 11.3. The molecule has 0 saturated heterocycles. The van der Waals surface area contributed by atoms with E-state index >= 15 is 0 Å². The van der Waals surface area contributed by atoms with Crippen LogP contribution >= 0.6 is 0 Å². The Kier molecular flexibility index (Phi) is 3.41. The van der Waals surface area contributed by atoms with Crippen molar-refractivity contribution in [1.82, 2.24) is 4.98 Å². The van der Waals surface area contributed by atoms with Gasteiger partial charge in [0.2, 0.25) is 0 Å². The number of aromatic carboxylic acids is 1. The molecular formula is C10H8N2O3. The molecule has 1 rings (SSSR count). The van der Waals surface area contributed by atoms with Crippen LogP contribution in [0.25, 0.3) is 0 Å². The van der Waals surface area contributed by atoms with E-state index in [9.17, 15) is 9.59 Å². The molecule has 1 heterocycles. The molecule has 0 aliphatic rings. The first kappa shape index (κ1) is 10.7. The Morgan fingerprint density at radius 2 is 2.27 bits per heavy atom. The molecular weight excluding hydrogens is 196 g/mol. The molecule has 5 nitrogen and oxygen atoms in total. The average Bonchev–Trinajstić information content (AvgIpc) is 2.18. The summed E-state index contributed by atoms with van der Waals surface area (Å²) in [6.07, 6.45) is 1.39. The van der Waals surface area contributed by atoms with Crippen LogP contribution in [0.4, 0.5) is 5.82 Å². The minimum Gasteiger partial charge on any atom is -0.478 e. The zero-order valence-electron chi connectivity index (χ0n) is 7.94. The number of hydrogen-bond acceptors (Lipinski definition) is 3. The van der Waals surface area contributed by atoms with Gasteiger partial charge in [-0.25, -0.2) is 9.78 Å². The van der Waals surface area contributed by atoms with Crippen molar-refractivity contribution in [3.05, 3.63) is 23.9 Å². The molecule has 1 aromatic rings. The van der Waals surface area contributed by atoms with Crippen LogP contribution in [0.2, 0.25) is 0 Å². The van der Waals surface area contributed by atoms with Crippen molar-refractivity contribution < 1.29 is 14.7 Å². The van der Waals surface area contributed by atoms with Crippen LogP contribution in [0.5, 0.6) is 0 Å². The molecule has 5 heteroatoms. The van der Waals surface area contributed by atoms with Gasteiger partial charge in [0.25, 0.3) is 0 Å². The highest BCUT2D eigenvalue weighted by molar-refractivity contribution is 6.06. The summed E-state index contributed by atoms with van der Waals surface area (Å²) < 4.78 is 0. The summed E-state index contributed by atoms with van der Waals surface area (Å²) in [5, 5.41) is 11.1. The first-order valence-electron chi connectivity index (χ1n) is 4.07. The van der Waals surface area contributed by atoms with Gasteiger partial charge in [-0.1, -0.05) is 5.92 Å². The fourth-order valence-electron chi connectivity index (χ4n) is 0.930. The number of anilines is 1. The summed E-state index contributed by atoms with van der Waals surface area (Å²) in [7, 11) is 0. The Hall–Kier alpha value is -2.35. The van der Waals surface area contributed by atoms with Crippen molar-refractivity contribution in [3.63, 3.8) is 0 Å². The molecule has 0 fully saturated rings. The van der Waals surface area contributed by atoms with Crippen LogP contribution in [-0.2, 0) is 4.79 Å². The topological polar surface area (TPSA) is 79.3 Å². The molecule has 15 heavy (non-hydrogen) atoms. The van der Waals surface area contributed by atoms with Gasteiger partial charge in [-0.15, -0.1) is 0 Å². The molecule has 1 aromatic heterocycles. The third kappa shape index (κ3) is 2.81. The van der Waals surface area contributed by atoms with Gasteiger partial charge in [-0.3, -0.25) is 10.1 Å². The van der Waals surface area contributed by atoms with Crippen LogP contribution in [0.15, 0.2) is 18.3 Å². The van der Waals surface area contributed by atoms with E-state index in [1.165, 1.54) is 25.3 Å². The third-order valence-corrected chi connectivity index (χ3v) is 1.51. The van der Waals surface area contributed by atoms with Gasteiger partial charge in [0.05, 0.1) is 0 Å². The number of carboxylic acids is 1. The number of aromatic nitrogens is 1.